The van der Waals surface area contributed by atoms with Crippen molar-refractivity contribution in [3.8, 4) is 44.5 Å². The van der Waals surface area contributed by atoms with Gasteiger partial charge in [0.15, 0.2) is 0 Å². The standard InChI is InChI=1S/C50H34N2/c1-3-15-35(16-4-1)37-19-11-21-39(31-37)41-23-13-25-43(33-41)49-45-27-7-9-29-47(45)52-50(46-28-8-10-30-48(46)51-49)44-26-14-24-42(34-44)40-22-12-20-38(32-40)36-17-5-2-6-18-36/h1-34H/b49-45?,50-46?,51-48?,51-49-,52-47?,52-50-. The highest BCUT2D eigenvalue weighted by atomic mass is 14.8. The third-order valence-electron chi connectivity index (χ3n) is 9.66. The summed E-state index contributed by atoms with van der Waals surface area (Å²) in [5.41, 5.74) is 17.1. The van der Waals surface area contributed by atoms with Gasteiger partial charge in [0.25, 0.3) is 0 Å². The number of aliphatic imine (C=N–C) groups is 2. The number of nitrogens with zero attached hydrogens (tertiary/aromatic N) is 2. The van der Waals surface area contributed by atoms with Crippen LogP contribution in [0, 0.1) is 0 Å². The topological polar surface area (TPSA) is 24.7 Å². The zero-order valence-electron chi connectivity index (χ0n) is 28.5. The molecule has 0 saturated heterocycles. The summed E-state index contributed by atoms with van der Waals surface area (Å²) in [6, 6.07) is 72.7. The van der Waals surface area contributed by atoms with E-state index in [2.05, 4.69) is 206 Å². The molecule has 1 aliphatic rings. The molecule has 244 valence electrons. The van der Waals surface area contributed by atoms with Gasteiger partial charge in [0.1, 0.15) is 0 Å². The maximum Gasteiger partial charge on any atom is 0.0803 e. The number of rotatable bonds is 6. The molecule has 0 aromatic heterocycles. The molecule has 0 N–H and O–H groups in total. The van der Waals surface area contributed by atoms with Gasteiger partial charge in [-0.25, -0.2) is 9.98 Å². The highest BCUT2D eigenvalue weighted by molar-refractivity contribution is 6.23. The summed E-state index contributed by atoms with van der Waals surface area (Å²) in [7, 11) is 0. The molecule has 2 nitrogen and oxygen atoms in total. The molecular weight excluding hydrogens is 629 g/mol. The molecule has 8 aromatic carbocycles. The molecular formula is C50H34N2. The molecule has 0 unspecified atom stereocenters. The molecule has 0 aliphatic carbocycles. The van der Waals surface area contributed by atoms with Crippen LogP contribution in [0.1, 0.15) is 22.3 Å². The van der Waals surface area contributed by atoms with Crippen LogP contribution >= 0.6 is 0 Å². The molecule has 0 saturated carbocycles. The average Bonchev–Trinajstić information content (AvgIpc) is 3.22. The molecule has 52 heavy (non-hydrogen) atoms. The van der Waals surface area contributed by atoms with Gasteiger partial charge in [-0.3, -0.25) is 0 Å². The molecule has 0 atom stereocenters. The largest absolute Gasteiger partial charge is 0.247 e. The first-order chi connectivity index (χ1) is 25.8. The van der Waals surface area contributed by atoms with Crippen LogP contribution in [0.4, 0.5) is 11.4 Å². The maximum atomic E-state index is 5.45. The van der Waals surface area contributed by atoms with Crippen LogP contribution in [-0.4, -0.2) is 11.4 Å². The van der Waals surface area contributed by atoms with E-state index in [1.807, 2.05) is 0 Å². The zero-order valence-corrected chi connectivity index (χ0v) is 28.5. The van der Waals surface area contributed by atoms with Crippen molar-refractivity contribution in [1.82, 2.24) is 0 Å². The van der Waals surface area contributed by atoms with E-state index < -0.39 is 0 Å². The predicted octanol–water partition coefficient (Wildman–Crippen LogP) is 13.0. The first-order valence-electron chi connectivity index (χ1n) is 17.7. The minimum absolute atomic E-state index is 0.888. The maximum absolute atomic E-state index is 5.45. The molecule has 8 aromatic rings. The van der Waals surface area contributed by atoms with Crippen LogP contribution < -0.4 is 0 Å². The summed E-state index contributed by atoms with van der Waals surface area (Å²) < 4.78 is 0. The van der Waals surface area contributed by atoms with Gasteiger partial charge < -0.3 is 0 Å². The van der Waals surface area contributed by atoms with Gasteiger partial charge in [-0.05, 0) is 80.9 Å². The summed E-state index contributed by atoms with van der Waals surface area (Å²) in [6.45, 7) is 0. The van der Waals surface area contributed by atoms with Crippen molar-refractivity contribution >= 4 is 22.8 Å². The van der Waals surface area contributed by atoms with Gasteiger partial charge in [0.05, 0.1) is 22.8 Å². The molecule has 0 radical (unpaired) electrons. The van der Waals surface area contributed by atoms with Crippen molar-refractivity contribution in [2.45, 2.75) is 0 Å². The Morgan fingerprint density at radius 2 is 0.481 bits per heavy atom. The van der Waals surface area contributed by atoms with E-state index in [-0.39, 0.29) is 0 Å². The van der Waals surface area contributed by atoms with Gasteiger partial charge in [0.2, 0.25) is 0 Å². The Morgan fingerprint density at radius 3 is 0.865 bits per heavy atom. The number of hydrogen-bond acceptors (Lipinski definition) is 2. The molecule has 0 bridgehead atoms. The van der Waals surface area contributed by atoms with Crippen molar-refractivity contribution in [1.29, 1.82) is 0 Å². The third-order valence-corrected chi connectivity index (χ3v) is 9.66. The van der Waals surface area contributed by atoms with E-state index in [1.165, 1.54) is 22.3 Å². The number of para-hydroxylation sites is 2. The highest BCUT2D eigenvalue weighted by Gasteiger charge is 2.20. The molecule has 1 aliphatic heterocycles. The quantitative estimate of drug-likeness (QED) is 0.169. The second kappa shape index (κ2) is 13.8. The minimum atomic E-state index is 0.888. The van der Waals surface area contributed by atoms with E-state index in [4.69, 9.17) is 9.98 Å². The lowest BCUT2D eigenvalue weighted by Gasteiger charge is -2.19. The Kier molecular flexibility index (Phi) is 8.24. The van der Waals surface area contributed by atoms with Crippen molar-refractivity contribution in [3.63, 3.8) is 0 Å². The molecule has 9 rings (SSSR count). The Labute approximate surface area is 304 Å². The second-order valence-corrected chi connectivity index (χ2v) is 13.0. The van der Waals surface area contributed by atoms with Crippen LogP contribution in [-0.2, 0) is 0 Å². The van der Waals surface area contributed by atoms with Crippen molar-refractivity contribution in [2.24, 2.45) is 9.98 Å². The summed E-state index contributed by atoms with van der Waals surface area (Å²) in [6.07, 6.45) is 0. The van der Waals surface area contributed by atoms with Crippen LogP contribution in [0.2, 0.25) is 0 Å². The first-order valence-corrected chi connectivity index (χ1v) is 17.7. The molecule has 0 fully saturated rings. The van der Waals surface area contributed by atoms with E-state index >= 15 is 0 Å². The minimum Gasteiger partial charge on any atom is -0.247 e. The molecule has 0 amide bonds. The number of benzene rings is 8. The Balaban J connectivity index is 1.14. The van der Waals surface area contributed by atoms with E-state index in [0.717, 1.165) is 67.3 Å². The fourth-order valence-electron chi connectivity index (χ4n) is 7.05. The van der Waals surface area contributed by atoms with Crippen molar-refractivity contribution in [2.75, 3.05) is 0 Å². The van der Waals surface area contributed by atoms with Gasteiger partial charge in [-0.15, -0.1) is 0 Å². The Morgan fingerprint density at radius 1 is 0.212 bits per heavy atom. The van der Waals surface area contributed by atoms with Crippen LogP contribution in [0.5, 0.6) is 0 Å². The monoisotopic (exact) mass is 662 g/mol. The lowest BCUT2D eigenvalue weighted by atomic mass is 9.92. The summed E-state index contributed by atoms with van der Waals surface area (Å²) in [5, 5.41) is 0. The fraction of sp³-hybridized carbons (Fsp3) is 0. The predicted molar refractivity (Wildman–Crippen MR) is 218 cm³/mol. The van der Waals surface area contributed by atoms with Gasteiger partial charge in [-0.1, -0.05) is 170 Å². The smallest absolute Gasteiger partial charge is 0.0803 e. The fourth-order valence-corrected chi connectivity index (χ4v) is 7.05. The molecule has 0 spiro atoms. The van der Waals surface area contributed by atoms with Crippen LogP contribution in [0.3, 0.4) is 0 Å². The molecule has 2 heteroatoms. The van der Waals surface area contributed by atoms with E-state index in [0.29, 0.717) is 0 Å². The zero-order chi connectivity index (χ0) is 34.7. The normalized spacial score (nSPS) is 14.1. The number of fused-ring (bicyclic) bond motifs is 2. The SMILES string of the molecule is c1ccc(-c2cccc(-c3cccc(/C4=N/c5ccccc5/C(c5cccc(-c6cccc(-c7ccccc7)c6)c5)=N\c5ccccc54)c3)c2)cc1. The summed E-state index contributed by atoms with van der Waals surface area (Å²) in [4.78, 5) is 10.9. The average molecular weight is 663 g/mol. The van der Waals surface area contributed by atoms with Gasteiger partial charge in [0, 0.05) is 22.3 Å². The summed E-state index contributed by atoms with van der Waals surface area (Å²) >= 11 is 0. The Bertz CT molecular complexity index is 2430. The lowest BCUT2D eigenvalue weighted by Crippen LogP contribution is -2.10. The van der Waals surface area contributed by atoms with Gasteiger partial charge in [-0.2, -0.15) is 0 Å². The molecule has 1 heterocycles. The summed E-state index contributed by atoms with van der Waals surface area (Å²) in [5.74, 6) is 0. The highest BCUT2D eigenvalue weighted by Crippen LogP contribution is 2.36. The van der Waals surface area contributed by atoms with Gasteiger partial charge >= 0.3 is 0 Å². The van der Waals surface area contributed by atoms with Crippen LogP contribution in [0.25, 0.3) is 44.5 Å². The third kappa shape index (κ3) is 6.19. The Hall–Kier alpha value is -6.90. The first kappa shape index (κ1) is 31.1. The number of hydrogen-bond donors (Lipinski definition) is 0. The second-order valence-electron chi connectivity index (χ2n) is 13.0. The van der Waals surface area contributed by atoms with E-state index in [9.17, 15) is 0 Å². The van der Waals surface area contributed by atoms with Crippen molar-refractivity contribution < 1.29 is 0 Å². The van der Waals surface area contributed by atoms with Crippen molar-refractivity contribution in [3.05, 3.63) is 229 Å². The van der Waals surface area contributed by atoms with Crippen LogP contribution in [0.15, 0.2) is 216 Å². The lowest BCUT2D eigenvalue weighted by molar-refractivity contribution is 1.39. The van der Waals surface area contributed by atoms with E-state index in [1.54, 1.807) is 0 Å².